The smallest absolute Gasteiger partial charge is 0.240 e. The number of carbonyl (C=O) groups excluding carboxylic acids is 1. The number of hydrogen-bond acceptors (Lipinski definition) is 5. The van der Waals surface area contributed by atoms with Crippen molar-refractivity contribution in [1.29, 1.82) is 0 Å². The van der Waals surface area contributed by atoms with E-state index in [2.05, 4.69) is 10.3 Å². The van der Waals surface area contributed by atoms with Gasteiger partial charge in [-0.15, -0.1) is 0 Å². The highest BCUT2D eigenvalue weighted by molar-refractivity contribution is 5.84. The fraction of sp³-hybridized carbons (Fsp3) is 0.391. The number of hydrogen-bond donors (Lipinski definition) is 1. The number of aryl methyl sites for hydroxylation is 1. The quantitative estimate of drug-likeness (QED) is 0.678. The van der Waals surface area contributed by atoms with E-state index in [1.54, 1.807) is 7.11 Å². The summed E-state index contributed by atoms with van der Waals surface area (Å²) in [5.74, 6) is 3.46. The maximum Gasteiger partial charge on any atom is 0.240 e. The molecule has 1 unspecified atom stereocenters. The van der Waals surface area contributed by atoms with E-state index in [4.69, 9.17) is 14.2 Å². The molecule has 7 nitrogen and oxygen atoms in total. The summed E-state index contributed by atoms with van der Waals surface area (Å²) >= 11 is 0. The van der Waals surface area contributed by atoms with Gasteiger partial charge in [0.25, 0.3) is 0 Å². The zero-order valence-corrected chi connectivity index (χ0v) is 17.2. The summed E-state index contributed by atoms with van der Waals surface area (Å²) in [4.78, 5) is 17.6. The lowest BCUT2D eigenvalue weighted by Crippen LogP contribution is -2.33. The molecule has 1 saturated carbocycles. The third-order valence-electron chi connectivity index (χ3n) is 5.79. The molecule has 0 saturated heterocycles. The zero-order chi connectivity index (χ0) is 20.7. The number of benzene rings is 2. The van der Waals surface area contributed by atoms with Gasteiger partial charge in [-0.2, -0.15) is 0 Å². The van der Waals surface area contributed by atoms with E-state index >= 15 is 0 Å². The monoisotopic (exact) mass is 407 g/mol. The second-order valence-corrected chi connectivity index (χ2v) is 7.89. The maximum absolute atomic E-state index is 13.0. The molecule has 1 aliphatic carbocycles. The highest BCUT2D eigenvalue weighted by atomic mass is 16.6. The molecule has 2 heterocycles. The number of fused-ring (bicyclic) bond motifs is 2. The van der Waals surface area contributed by atoms with Crippen LogP contribution in [0, 0.1) is 12.8 Å². The first-order valence-electron chi connectivity index (χ1n) is 10.3. The van der Waals surface area contributed by atoms with E-state index in [1.807, 2.05) is 47.9 Å². The molecule has 1 fully saturated rings. The number of ether oxygens (including phenoxy) is 3. The van der Waals surface area contributed by atoms with Gasteiger partial charge >= 0.3 is 0 Å². The van der Waals surface area contributed by atoms with Gasteiger partial charge in [0.05, 0.1) is 24.2 Å². The van der Waals surface area contributed by atoms with E-state index in [-0.39, 0.29) is 18.5 Å². The lowest BCUT2D eigenvalue weighted by molar-refractivity contribution is -0.122. The van der Waals surface area contributed by atoms with Crippen molar-refractivity contribution in [3.05, 3.63) is 47.8 Å². The van der Waals surface area contributed by atoms with E-state index in [0.29, 0.717) is 30.6 Å². The van der Waals surface area contributed by atoms with Crippen molar-refractivity contribution in [1.82, 2.24) is 14.9 Å². The predicted molar refractivity (Wildman–Crippen MR) is 112 cm³/mol. The van der Waals surface area contributed by atoms with Crippen LogP contribution in [0.5, 0.6) is 17.2 Å². The van der Waals surface area contributed by atoms with E-state index < -0.39 is 0 Å². The molecule has 0 radical (unpaired) electrons. The second-order valence-electron chi connectivity index (χ2n) is 7.89. The van der Waals surface area contributed by atoms with Gasteiger partial charge < -0.3 is 24.1 Å². The number of methoxy groups -OCH3 is 1. The lowest BCUT2D eigenvalue weighted by atomic mass is 10.0. The minimum atomic E-state index is -0.0278. The van der Waals surface area contributed by atoms with Crippen molar-refractivity contribution in [2.45, 2.75) is 32.4 Å². The van der Waals surface area contributed by atoms with Gasteiger partial charge in [-0.05, 0) is 43.4 Å². The Morgan fingerprint density at radius 2 is 1.90 bits per heavy atom. The Labute approximate surface area is 174 Å². The van der Waals surface area contributed by atoms with Crippen LogP contribution in [0.1, 0.15) is 30.3 Å². The molecular formula is C23H25N3O4. The highest BCUT2D eigenvalue weighted by Gasteiger charge is 2.33. The fourth-order valence-electron chi connectivity index (χ4n) is 4.06. The predicted octanol–water partition coefficient (Wildman–Crippen LogP) is 3.39. The molecule has 5 rings (SSSR count). The first-order chi connectivity index (χ1) is 14.6. The van der Waals surface area contributed by atoms with Crippen molar-refractivity contribution in [2.24, 2.45) is 5.92 Å². The van der Waals surface area contributed by atoms with Crippen LogP contribution >= 0.6 is 0 Å². The molecule has 1 N–H and O–H groups in total. The number of imidazole rings is 1. The lowest BCUT2D eigenvalue weighted by Gasteiger charge is -2.20. The molecule has 3 aromatic rings. The Morgan fingerprint density at radius 3 is 2.57 bits per heavy atom. The Morgan fingerprint density at radius 1 is 1.20 bits per heavy atom. The van der Waals surface area contributed by atoms with Crippen LogP contribution in [0.2, 0.25) is 0 Å². The molecule has 1 aliphatic heterocycles. The van der Waals surface area contributed by atoms with Crippen LogP contribution < -0.4 is 19.5 Å². The molecular weight excluding hydrogens is 382 g/mol. The van der Waals surface area contributed by atoms with Crippen LogP contribution in [-0.2, 0) is 11.3 Å². The Kier molecular flexibility index (Phi) is 4.73. The number of aromatic nitrogens is 2. The minimum absolute atomic E-state index is 0.0167. The molecule has 1 amide bonds. The molecule has 30 heavy (non-hydrogen) atoms. The topological polar surface area (TPSA) is 74.6 Å². The summed E-state index contributed by atoms with van der Waals surface area (Å²) in [6, 6.07) is 11.8. The SMILES string of the molecule is COc1ccc(C(NC(=O)Cn2c(C)nc3cc4c(cc32)OCCO4)C2CC2)cc1. The van der Waals surface area contributed by atoms with Gasteiger partial charge in [-0.25, -0.2) is 4.98 Å². The third-order valence-corrected chi connectivity index (χ3v) is 5.79. The maximum atomic E-state index is 13.0. The summed E-state index contributed by atoms with van der Waals surface area (Å²) in [7, 11) is 1.65. The summed E-state index contributed by atoms with van der Waals surface area (Å²) < 4.78 is 18.5. The average Bonchev–Trinajstić information content (AvgIpc) is 3.56. The third kappa shape index (κ3) is 3.56. The number of nitrogens with one attached hydrogen (secondary N) is 1. The van der Waals surface area contributed by atoms with Gasteiger partial charge in [0, 0.05) is 12.1 Å². The van der Waals surface area contributed by atoms with Crippen LogP contribution in [-0.4, -0.2) is 35.8 Å². The molecule has 0 spiro atoms. The molecule has 7 heteroatoms. The van der Waals surface area contributed by atoms with Gasteiger partial charge in [-0.1, -0.05) is 12.1 Å². The first-order valence-corrected chi connectivity index (χ1v) is 10.3. The summed E-state index contributed by atoms with van der Waals surface area (Å²) in [5.41, 5.74) is 2.79. The molecule has 1 aromatic heterocycles. The Bertz CT molecular complexity index is 1090. The molecule has 156 valence electrons. The molecule has 2 aromatic carbocycles. The van der Waals surface area contributed by atoms with Gasteiger partial charge in [-0.3, -0.25) is 4.79 Å². The molecule has 0 bridgehead atoms. The Hall–Kier alpha value is -3.22. The van der Waals surface area contributed by atoms with Crippen LogP contribution in [0.25, 0.3) is 11.0 Å². The van der Waals surface area contributed by atoms with Crippen molar-refractivity contribution >= 4 is 16.9 Å². The number of nitrogens with zero attached hydrogens (tertiary/aromatic N) is 2. The van der Waals surface area contributed by atoms with Crippen LogP contribution in [0.4, 0.5) is 0 Å². The highest BCUT2D eigenvalue weighted by Crippen LogP contribution is 2.41. The van der Waals surface area contributed by atoms with Crippen molar-refractivity contribution in [2.75, 3.05) is 20.3 Å². The normalized spacial score (nSPS) is 16.3. The summed E-state index contributed by atoms with van der Waals surface area (Å²) in [5, 5.41) is 3.24. The number of amides is 1. The fourth-order valence-corrected chi connectivity index (χ4v) is 4.06. The average molecular weight is 407 g/mol. The minimum Gasteiger partial charge on any atom is -0.497 e. The van der Waals surface area contributed by atoms with Crippen molar-refractivity contribution in [3.8, 4) is 17.2 Å². The first kappa shape index (κ1) is 18.8. The van der Waals surface area contributed by atoms with Crippen molar-refractivity contribution < 1.29 is 19.0 Å². The van der Waals surface area contributed by atoms with Crippen LogP contribution in [0.3, 0.4) is 0 Å². The molecule has 1 atom stereocenters. The molecule has 2 aliphatic rings. The van der Waals surface area contributed by atoms with Crippen LogP contribution in [0.15, 0.2) is 36.4 Å². The summed E-state index contributed by atoms with van der Waals surface area (Å²) in [6.07, 6.45) is 2.26. The van der Waals surface area contributed by atoms with Gasteiger partial charge in [0.2, 0.25) is 5.91 Å². The standard InChI is InChI=1S/C23H25N3O4/c1-14-24-18-11-20-21(30-10-9-29-20)12-19(18)26(14)13-22(27)25-23(15-3-4-15)16-5-7-17(28-2)8-6-16/h5-8,11-12,15,23H,3-4,9-10,13H2,1-2H3,(H,25,27). The van der Waals surface area contributed by atoms with E-state index in [0.717, 1.165) is 41.0 Å². The second kappa shape index (κ2) is 7.55. The van der Waals surface area contributed by atoms with Gasteiger partial charge in [0.15, 0.2) is 11.5 Å². The van der Waals surface area contributed by atoms with E-state index in [9.17, 15) is 4.79 Å². The Balaban J connectivity index is 1.37. The largest absolute Gasteiger partial charge is 0.497 e. The van der Waals surface area contributed by atoms with Gasteiger partial charge in [0.1, 0.15) is 31.3 Å². The number of carbonyl (C=O) groups is 1. The summed E-state index contributed by atoms with van der Waals surface area (Å²) in [6.45, 7) is 3.18. The zero-order valence-electron chi connectivity index (χ0n) is 17.2. The van der Waals surface area contributed by atoms with E-state index in [1.165, 1.54) is 0 Å². The van der Waals surface area contributed by atoms with Crippen molar-refractivity contribution in [3.63, 3.8) is 0 Å². The number of rotatable bonds is 6.